The second-order valence-corrected chi connectivity index (χ2v) is 9.81. The van der Waals surface area contributed by atoms with Gasteiger partial charge in [0.2, 0.25) is 4.73 Å². The Balaban J connectivity index is 2.39. The van der Waals surface area contributed by atoms with E-state index in [1.165, 1.54) is 0 Å². The minimum absolute atomic E-state index is 0.389. The predicted molar refractivity (Wildman–Crippen MR) is 77.7 cm³/mol. The summed E-state index contributed by atoms with van der Waals surface area (Å²) < 4.78 is 20.4. The lowest BCUT2D eigenvalue weighted by Crippen LogP contribution is -2.04. The number of thioether (sulfide) groups is 1. The molecule has 0 unspecified atom stereocenters. The van der Waals surface area contributed by atoms with E-state index in [9.17, 15) is 9.13 Å². The molecular weight excluding hydrogens is 322 g/mol. The lowest BCUT2D eigenvalue weighted by molar-refractivity contribution is 0.352. The topological polar surface area (TPSA) is 115 Å². The predicted octanol–water partition coefficient (Wildman–Crippen LogP) is 2.57. The van der Waals surface area contributed by atoms with Crippen LogP contribution in [-0.2, 0) is 9.13 Å². The van der Waals surface area contributed by atoms with E-state index in [1.54, 1.807) is 24.3 Å². The third-order valence-electron chi connectivity index (χ3n) is 2.54. The molecule has 20 heavy (non-hydrogen) atoms. The van der Waals surface area contributed by atoms with Crippen molar-refractivity contribution < 1.29 is 28.7 Å². The van der Waals surface area contributed by atoms with Crippen molar-refractivity contribution in [2.24, 2.45) is 0 Å². The monoisotopic (exact) mass is 334 g/mol. The van der Waals surface area contributed by atoms with Crippen LogP contribution in [0.25, 0.3) is 10.8 Å². The van der Waals surface area contributed by atoms with E-state index in [4.69, 9.17) is 19.6 Å². The Morgan fingerprint density at radius 2 is 1.40 bits per heavy atom. The van der Waals surface area contributed by atoms with Crippen LogP contribution in [0, 0.1) is 0 Å². The second kappa shape index (κ2) is 5.62. The first-order valence-corrected chi connectivity index (χ1v) is 9.68. The Bertz CT molecular complexity index is 700. The maximum absolute atomic E-state index is 11.2. The Hall–Kier alpha value is -0.650. The van der Waals surface area contributed by atoms with Gasteiger partial charge in [0.05, 0.1) is 0 Å². The maximum Gasteiger partial charge on any atom is 0.351 e. The van der Waals surface area contributed by atoms with Gasteiger partial charge in [0.15, 0.2) is 0 Å². The molecule has 0 aliphatic heterocycles. The van der Waals surface area contributed by atoms with E-state index in [0.717, 1.165) is 10.8 Å². The van der Waals surface area contributed by atoms with Crippen molar-refractivity contribution >= 4 is 37.7 Å². The lowest BCUT2D eigenvalue weighted by atomic mass is 10.1. The Morgan fingerprint density at radius 1 is 0.850 bits per heavy atom. The van der Waals surface area contributed by atoms with Gasteiger partial charge in [-0.1, -0.05) is 42.1 Å². The molecule has 6 nitrogen and oxygen atoms in total. The summed E-state index contributed by atoms with van der Waals surface area (Å²) in [5.41, 5.74) is 0. The average molecular weight is 334 g/mol. The van der Waals surface area contributed by atoms with Gasteiger partial charge in [-0.25, -0.2) is 0 Å². The van der Waals surface area contributed by atoms with Gasteiger partial charge in [-0.15, -0.1) is 0 Å². The molecule has 0 saturated heterocycles. The first-order valence-electron chi connectivity index (χ1n) is 5.44. The van der Waals surface area contributed by atoms with Crippen molar-refractivity contribution in [1.29, 1.82) is 0 Å². The number of hydrogen-bond acceptors (Lipinski definition) is 3. The largest absolute Gasteiger partial charge is 0.351 e. The van der Waals surface area contributed by atoms with Gasteiger partial charge in [-0.05, 0) is 22.9 Å². The minimum atomic E-state index is -4.92. The molecular formula is C11H12O6P2S. The Labute approximate surface area is 119 Å². The van der Waals surface area contributed by atoms with Crippen LogP contribution >= 0.6 is 27.0 Å². The summed E-state index contributed by atoms with van der Waals surface area (Å²) in [6.07, 6.45) is 0. The van der Waals surface area contributed by atoms with Crippen LogP contribution in [0.15, 0.2) is 47.4 Å². The van der Waals surface area contributed by atoms with Gasteiger partial charge in [0, 0.05) is 4.90 Å². The standard InChI is InChI=1S/C11H12O6P2S/c12-18(13,14)11(19(15,16)17)20-10-6-5-8-3-1-2-4-9(8)7-10/h1-7,11H,(H2,12,13,14)(H2,15,16,17). The molecule has 0 saturated carbocycles. The highest BCUT2D eigenvalue weighted by Gasteiger charge is 2.44. The zero-order chi connectivity index (χ0) is 15.0. The molecule has 2 aromatic rings. The fourth-order valence-electron chi connectivity index (χ4n) is 1.70. The summed E-state index contributed by atoms with van der Waals surface area (Å²) in [6.45, 7) is 0. The molecule has 0 aliphatic carbocycles. The maximum atomic E-state index is 11.2. The molecule has 4 N–H and O–H groups in total. The summed E-state index contributed by atoms with van der Waals surface area (Å²) in [7, 11) is -9.85. The van der Waals surface area contributed by atoms with E-state index in [2.05, 4.69) is 0 Å². The molecule has 9 heteroatoms. The molecule has 0 spiro atoms. The van der Waals surface area contributed by atoms with Gasteiger partial charge < -0.3 is 19.6 Å². The van der Waals surface area contributed by atoms with Crippen molar-refractivity contribution in [1.82, 2.24) is 0 Å². The Morgan fingerprint density at radius 3 is 1.95 bits per heavy atom. The van der Waals surface area contributed by atoms with Crippen LogP contribution in [-0.4, -0.2) is 24.3 Å². The number of rotatable bonds is 4. The van der Waals surface area contributed by atoms with Crippen molar-refractivity contribution in [3.05, 3.63) is 42.5 Å². The summed E-state index contributed by atoms with van der Waals surface area (Å²) in [5.74, 6) is 0. The van der Waals surface area contributed by atoms with E-state index >= 15 is 0 Å². The fourth-order valence-corrected chi connectivity index (χ4v) is 5.68. The number of hydrogen-bond donors (Lipinski definition) is 4. The highest BCUT2D eigenvalue weighted by molar-refractivity contribution is 8.12. The van der Waals surface area contributed by atoms with Crippen molar-refractivity contribution in [2.45, 2.75) is 9.63 Å². The Kier molecular flexibility index (Phi) is 4.42. The van der Waals surface area contributed by atoms with E-state index < -0.39 is 19.9 Å². The van der Waals surface area contributed by atoms with Crippen LogP contribution in [0.5, 0.6) is 0 Å². The smallest absolute Gasteiger partial charge is 0.323 e. The molecule has 0 aromatic heterocycles. The molecule has 2 aromatic carbocycles. The first-order chi connectivity index (χ1) is 9.18. The molecule has 0 heterocycles. The van der Waals surface area contributed by atoms with Gasteiger partial charge in [0.1, 0.15) is 0 Å². The van der Waals surface area contributed by atoms with Gasteiger partial charge in [0.25, 0.3) is 0 Å². The molecule has 0 atom stereocenters. The minimum Gasteiger partial charge on any atom is -0.323 e. The fraction of sp³-hybridized carbons (Fsp3) is 0.0909. The summed E-state index contributed by atoms with van der Waals surface area (Å²) >= 11 is 0.491. The first kappa shape index (κ1) is 15.7. The van der Waals surface area contributed by atoms with E-state index in [-0.39, 0.29) is 0 Å². The quantitative estimate of drug-likeness (QED) is 0.502. The molecule has 0 fully saturated rings. The van der Waals surface area contributed by atoms with Gasteiger partial charge >= 0.3 is 15.2 Å². The molecule has 2 rings (SSSR count). The zero-order valence-electron chi connectivity index (χ0n) is 10.0. The van der Waals surface area contributed by atoms with Crippen LogP contribution in [0.1, 0.15) is 0 Å². The molecule has 0 amide bonds. The molecule has 0 aliphatic rings. The highest BCUT2D eigenvalue weighted by atomic mass is 32.2. The number of benzene rings is 2. The zero-order valence-corrected chi connectivity index (χ0v) is 12.6. The van der Waals surface area contributed by atoms with Crippen LogP contribution in [0.3, 0.4) is 0 Å². The third-order valence-corrected chi connectivity index (χ3v) is 8.51. The van der Waals surface area contributed by atoms with Crippen molar-refractivity contribution in [2.75, 3.05) is 0 Å². The second-order valence-electron chi connectivity index (χ2n) is 4.13. The molecule has 108 valence electrons. The average Bonchev–Trinajstić information content (AvgIpc) is 2.33. The van der Waals surface area contributed by atoms with Crippen LogP contribution in [0.2, 0.25) is 0 Å². The van der Waals surface area contributed by atoms with E-state index in [1.807, 2.05) is 18.2 Å². The summed E-state index contributed by atoms with van der Waals surface area (Å²) in [5, 5.41) is 1.76. The van der Waals surface area contributed by atoms with Gasteiger partial charge in [-0.3, -0.25) is 9.13 Å². The normalized spacial score (nSPS) is 13.1. The van der Waals surface area contributed by atoms with Crippen LogP contribution in [0.4, 0.5) is 0 Å². The summed E-state index contributed by atoms with van der Waals surface area (Å²) in [4.78, 5) is 36.7. The summed E-state index contributed by atoms with van der Waals surface area (Å²) in [6, 6.07) is 12.3. The number of fused-ring (bicyclic) bond motifs is 1. The third kappa shape index (κ3) is 3.71. The SMILES string of the molecule is O=P(O)(O)C(Sc1ccc2ccccc2c1)P(=O)(O)O. The van der Waals surface area contributed by atoms with Gasteiger partial charge in [-0.2, -0.15) is 0 Å². The molecule has 0 radical (unpaired) electrons. The highest BCUT2D eigenvalue weighted by Crippen LogP contribution is 2.65. The van der Waals surface area contributed by atoms with Crippen LogP contribution < -0.4 is 0 Å². The molecule has 0 bridgehead atoms. The van der Waals surface area contributed by atoms with Crippen molar-refractivity contribution in [3.63, 3.8) is 0 Å². The lowest BCUT2D eigenvalue weighted by Gasteiger charge is -2.19. The van der Waals surface area contributed by atoms with Crippen molar-refractivity contribution in [3.8, 4) is 0 Å². The van der Waals surface area contributed by atoms with E-state index in [0.29, 0.717) is 16.7 Å².